The molecule has 0 radical (unpaired) electrons. The Morgan fingerprint density at radius 2 is 1.30 bits per heavy atom. The van der Waals surface area contributed by atoms with E-state index in [9.17, 15) is 4.79 Å². The molecule has 53 heavy (non-hydrogen) atoms. The molecule has 0 unspecified atom stereocenters. The molecule has 0 saturated carbocycles. The van der Waals surface area contributed by atoms with Crippen molar-refractivity contribution in [1.29, 1.82) is 0 Å². The lowest BCUT2D eigenvalue weighted by molar-refractivity contribution is -0.155. The Bertz CT molecular complexity index is 2350. The zero-order chi connectivity index (χ0) is 36.8. The lowest BCUT2D eigenvalue weighted by Gasteiger charge is -2.20. The van der Waals surface area contributed by atoms with Crippen molar-refractivity contribution in [3.63, 3.8) is 0 Å². The van der Waals surface area contributed by atoms with E-state index in [-0.39, 0.29) is 11.9 Å². The largest absolute Gasteiger partial charge is 0.460 e. The van der Waals surface area contributed by atoms with Crippen molar-refractivity contribution >= 4 is 49.1 Å². The van der Waals surface area contributed by atoms with E-state index in [4.69, 9.17) is 14.2 Å². The zero-order valence-corrected chi connectivity index (χ0v) is 30.8. The fourth-order valence-electron chi connectivity index (χ4n) is 5.07. The first kappa shape index (κ1) is 35.3. The van der Waals surface area contributed by atoms with Gasteiger partial charge in [0.15, 0.2) is 0 Å². The number of aromatic amines is 1. The Hall–Kier alpha value is -6.13. The van der Waals surface area contributed by atoms with Gasteiger partial charge in [-0.1, -0.05) is 53.9 Å². The van der Waals surface area contributed by atoms with Crippen LogP contribution in [0.3, 0.4) is 0 Å². The van der Waals surface area contributed by atoms with Crippen LogP contribution in [0.15, 0.2) is 97.1 Å². The summed E-state index contributed by atoms with van der Waals surface area (Å²) in [4.78, 5) is 22.4. The number of rotatable bonds is 10. The zero-order valence-electron chi connectivity index (χ0n) is 29.2. The maximum absolute atomic E-state index is 12.0. The van der Waals surface area contributed by atoms with Crippen LogP contribution in [-0.4, -0.2) is 62.4 Å². The van der Waals surface area contributed by atoms with Crippen LogP contribution >= 0.6 is 22.7 Å². The average Bonchev–Trinajstić information content (AvgIpc) is 3.95. The lowest BCUT2D eigenvalue weighted by atomic mass is 10.1. The van der Waals surface area contributed by atoms with Gasteiger partial charge in [-0.05, 0) is 110 Å². The highest BCUT2D eigenvalue weighted by Gasteiger charge is 2.19. The van der Waals surface area contributed by atoms with E-state index in [1.807, 2.05) is 125 Å². The summed E-state index contributed by atoms with van der Waals surface area (Å²) < 4.78 is 19.2. The van der Waals surface area contributed by atoms with E-state index in [2.05, 4.69) is 46.0 Å². The molecule has 0 aliphatic heterocycles. The fourth-order valence-corrected chi connectivity index (χ4v) is 6.74. The van der Waals surface area contributed by atoms with E-state index < -0.39 is 5.60 Å². The summed E-state index contributed by atoms with van der Waals surface area (Å²) in [5.74, 6) is 2.28. The van der Waals surface area contributed by atoms with Gasteiger partial charge in [0.2, 0.25) is 11.6 Å². The van der Waals surface area contributed by atoms with E-state index in [1.54, 1.807) is 0 Å². The molecular weight excluding hydrogens is 713 g/mol. The van der Waals surface area contributed by atoms with Crippen LogP contribution in [0.2, 0.25) is 0 Å². The number of carbonyl (C=O) groups excluding carboxylic acids is 1. The summed E-state index contributed by atoms with van der Waals surface area (Å²) in [5, 5.41) is 27.7. The molecule has 0 aliphatic rings. The van der Waals surface area contributed by atoms with Gasteiger partial charge in [0.05, 0.1) is 27.0 Å². The highest BCUT2D eigenvalue weighted by molar-refractivity contribution is 7.20. The molecule has 1 N–H and O–H groups in total. The topological polar surface area (TPSA) is 169 Å². The molecule has 8 aromatic rings. The van der Waals surface area contributed by atoms with Crippen molar-refractivity contribution in [3.05, 3.63) is 97.1 Å². The summed E-state index contributed by atoms with van der Waals surface area (Å²) in [7, 11) is 0. The fraction of sp³-hybridized carbons (Fsp3) is 0.216. The van der Waals surface area contributed by atoms with Crippen LogP contribution in [0.4, 0.5) is 0 Å². The summed E-state index contributed by atoms with van der Waals surface area (Å²) in [6.45, 7) is 8.01. The van der Waals surface area contributed by atoms with Crippen molar-refractivity contribution in [2.75, 3.05) is 0 Å². The SMILES string of the molecule is C[C@H](CC(=O)OC(C)(C)C)Cn1nnc(-c2ccc(Oc3nc4ccccc4s3)cc2)n1.c1ccc2sc(Oc3ccc(-c4nn[nH]n4)cc3)nc2c1. The molecule has 4 aromatic carbocycles. The summed E-state index contributed by atoms with van der Waals surface area (Å²) >= 11 is 3.03. The Balaban J connectivity index is 0.000000178. The molecule has 0 aliphatic carbocycles. The molecule has 8 rings (SSSR count). The van der Waals surface area contributed by atoms with Crippen LogP contribution in [0.25, 0.3) is 43.2 Å². The number of hydrogen-bond donors (Lipinski definition) is 1. The van der Waals surface area contributed by atoms with Gasteiger partial charge in [0.1, 0.15) is 17.1 Å². The number of nitrogens with one attached hydrogen (secondary N) is 1. The molecule has 0 spiro atoms. The number of aromatic nitrogens is 10. The molecule has 1 atom stereocenters. The molecule has 4 heterocycles. The number of tetrazole rings is 2. The van der Waals surface area contributed by atoms with Gasteiger partial charge in [-0.15, -0.1) is 20.4 Å². The van der Waals surface area contributed by atoms with Crippen molar-refractivity contribution in [3.8, 4) is 44.7 Å². The van der Waals surface area contributed by atoms with Gasteiger partial charge in [-0.2, -0.15) is 10.0 Å². The third-order valence-corrected chi connectivity index (χ3v) is 9.22. The minimum atomic E-state index is -0.488. The maximum Gasteiger partial charge on any atom is 0.306 e. The monoisotopic (exact) mass is 746 g/mol. The molecule has 14 nitrogen and oxygen atoms in total. The summed E-state index contributed by atoms with van der Waals surface area (Å²) in [6, 6.07) is 30.8. The van der Waals surface area contributed by atoms with E-state index in [1.165, 1.54) is 27.5 Å². The number of H-pyrrole nitrogens is 1. The van der Waals surface area contributed by atoms with Crippen molar-refractivity contribution in [1.82, 2.24) is 50.8 Å². The summed E-state index contributed by atoms with van der Waals surface area (Å²) in [6.07, 6.45) is 0.298. The molecule has 16 heteroatoms. The number of para-hydroxylation sites is 2. The first-order valence-electron chi connectivity index (χ1n) is 16.6. The Morgan fingerprint density at radius 3 is 1.81 bits per heavy atom. The molecule has 0 amide bonds. The first-order chi connectivity index (χ1) is 25.6. The second kappa shape index (κ2) is 15.6. The first-order valence-corrected chi connectivity index (χ1v) is 18.3. The number of esters is 1. The second-order valence-corrected chi connectivity index (χ2v) is 14.9. The van der Waals surface area contributed by atoms with Gasteiger partial charge < -0.3 is 14.2 Å². The molecule has 0 saturated heterocycles. The quantitative estimate of drug-likeness (QED) is 0.133. The predicted molar refractivity (Wildman–Crippen MR) is 202 cm³/mol. The average molecular weight is 747 g/mol. The van der Waals surface area contributed by atoms with E-state index in [0.717, 1.165) is 37.3 Å². The van der Waals surface area contributed by atoms with Gasteiger partial charge in [0.25, 0.3) is 10.4 Å². The minimum Gasteiger partial charge on any atom is -0.460 e. The number of fused-ring (bicyclic) bond motifs is 2. The lowest BCUT2D eigenvalue weighted by Crippen LogP contribution is -2.25. The van der Waals surface area contributed by atoms with Gasteiger partial charge in [-0.25, -0.2) is 9.97 Å². The number of thiazole rings is 2. The van der Waals surface area contributed by atoms with Crippen LogP contribution in [0, 0.1) is 5.92 Å². The third kappa shape index (κ3) is 9.41. The predicted octanol–water partition coefficient (Wildman–Crippen LogP) is 8.38. The van der Waals surface area contributed by atoms with Gasteiger partial charge in [-0.3, -0.25) is 4.79 Å². The second-order valence-electron chi connectivity index (χ2n) is 12.9. The standard InChI is InChI=1S/C23H25N5O3S.C14H9N5OS/c1-15(13-20(29)31-23(2,3)4)14-28-26-21(25-27-28)16-9-11-17(12-10-16)30-22-24-18-7-5-6-8-19(18)32-22;1-2-4-12-11(3-1)15-14(21-12)20-10-7-5-9(6-8-10)13-16-18-19-17-13/h5-12,15H,13-14H2,1-4H3;1-8H,(H,16,17,18,19)/t15-;/m1./s1. The van der Waals surface area contributed by atoms with Crippen molar-refractivity contribution < 1.29 is 19.0 Å². The van der Waals surface area contributed by atoms with Crippen LogP contribution in [-0.2, 0) is 16.1 Å². The van der Waals surface area contributed by atoms with Crippen LogP contribution in [0.1, 0.15) is 34.1 Å². The van der Waals surface area contributed by atoms with Gasteiger partial charge in [0, 0.05) is 17.5 Å². The minimum absolute atomic E-state index is 0.0245. The molecular formula is C37H34N10O4S2. The highest BCUT2D eigenvalue weighted by Crippen LogP contribution is 2.33. The highest BCUT2D eigenvalue weighted by atomic mass is 32.1. The Morgan fingerprint density at radius 1 is 0.755 bits per heavy atom. The molecule has 0 fully saturated rings. The van der Waals surface area contributed by atoms with E-state index >= 15 is 0 Å². The smallest absolute Gasteiger partial charge is 0.306 e. The maximum atomic E-state index is 12.0. The normalized spacial score (nSPS) is 11.9. The van der Waals surface area contributed by atoms with Crippen molar-refractivity contribution in [2.24, 2.45) is 5.92 Å². The van der Waals surface area contributed by atoms with Crippen LogP contribution in [0.5, 0.6) is 21.9 Å². The molecule has 4 aromatic heterocycles. The van der Waals surface area contributed by atoms with Gasteiger partial charge >= 0.3 is 5.97 Å². The number of hydrogen-bond acceptors (Lipinski definition) is 14. The number of nitrogens with zero attached hydrogens (tertiary/aromatic N) is 9. The summed E-state index contributed by atoms with van der Waals surface area (Å²) in [5.41, 5.74) is 3.08. The van der Waals surface area contributed by atoms with E-state index in [0.29, 0.717) is 40.8 Å². The molecule has 0 bridgehead atoms. The van der Waals surface area contributed by atoms with Crippen molar-refractivity contribution in [2.45, 2.75) is 46.3 Å². The number of carbonyl (C=O) groups is 1. The number of ether oxygens (including phenoxy) is 3. The molecule has 268 valence electrons. The Kier molecular flexibility index (Phi) is 10.4. The Labute approximate surface area is 311 Å². The third-order valence-electron chi connectivity index (χ3n) is 7.39. The van der Waals surface area contributed by atoms with Crippen LogP contribution < -0.4 is 9.47 Å². The number of benzene rings is 4.